The summed E-state index contributed by atoms with van der Waals surface area (Å²) in [4.78, 5) is 0. The van der Waals surface area contributed by atoms with Crippen molar-refractivity contribution in [3.05, 3.63) is 0 Å². The van der Waals surface area contributed by atoms with Crippen LogP contribution < -0.4 is 21.7 Å². The van der Waals surface area contributed by atoms with Crippen LogP contribution in [0.5, 0.6) is 0 Å². The molecule has 0 radical (unpaired) electrons. The van der Waals surface area contributed by atoms with E-state index in [-0.39, 0.29) is 0 Å². The molecule has 0 aliphatic rings. The van der Waals surface area contributed by atoms with Crippen molar-refractivity contribution in [3.63, 3.8) is 0 Å². The molecule has 104 valence electrons. The molecule has 0 fully saturated rings. The molecular weight excluding hydrogens is 212 g/mol. The molecule has 4 nitrogen and oxygen atoms in total. The van der Waals surface area contributed by atoms with E-state index >= 15 is 0 Å². The van der Waals surface area contributed by atoms with Gasteiger partial charge < -0.3 is 21.7 Å². The van der Waals surface area contributed by atoms with E-state index in [1.165, 1.54) is 19.3 Å². The molecule has 5 N–H and O–H groups in total. The Bertz CT molecular complexity index is 150. The van der Waals surface area contributed by atoms with Gasteiger partial charge in [0.2, 0.25) is 0 Å². The van der Waals surface area contributed by atoms with Gasteiger partial charge in [0.15, 0.2) is 0 Å². The Labute approximate surface area is 107 Å². The average Bonchev–Trinajstić information content (AvgIpc) is 2.28. The summed E-state index contributed by atoms with van der Waals surface area (Å²) >= 11 is 0. The van der Waals surface area contributed by atoms with Crippen molar-refractivity contribution in [1.82, 2.24) is 16.0 Å². The second-order valence-corrected chi connectivity index (χ2v) is 5.00. The summed E-state index contributed by atoms with van der Waals surface area (Å²) in [7, 11) is 0. The highest BCUT2D eigenvalue weighted by molar-refractivity contribution is 4.63. The largest absolute Gasteiger partial charge is 0.329 e. The molecule has 0 amide bonds. The molecule has 0 aromatic rings. The van der Waals surface area contributed by atoms with E-state index in [1.54, 1.807) is 0 Å². The van der Waals surface area contributed by atoms with Crippen LogP contribution in [0.3, 0.4) is 0 Å². The molecule has 0 aromatic carbocycles. The predicted molar refractivity (Wildman–Crippen MR) is 76.4 cm³/mol. The van der Waals surface area contributed by atoms with Gasteiger partial charge in [0.05, 0.1) is 0 Å². The topological polar surface area (TPSA) is 62.1 Å². The van der Waals surface area contributed by atoms with E-state index in [1.807, 2.05) is 0 Å². The molecule has 1 unspecified atom stereocenters. The van der Waals surface area contributed by atoms with Crippen molar-refractivity contribution in [2.75, 3.05) is 32.7 Å². The maximum absolute atomic E-state index is 5.40. The van der Waals surface area contributed by atoms with Crippen molar-refractivity contribution in [1.29, 1.82) is 0 Å². The van der Waals surface area contributed by atoms with E-state index in [0.717, 1.165) is 32.7 Å². The van der Waals surface area contributed by atoms with Gasteiger partial charge in [0.1, 0.15) is 0 Å². The molecule has 4 heteroatoms. The van der Waals surface area contributed by atoms with Gasteiger partial charge in [-0.2, -0.15) is 0 Å². The van der Waals surface area contributed by atoms with Crippen molar-refractivity contribution in [2.45, 2.75) is 52.1 Å². The van der Waals surface area contributed by atoms with Crippen LogP contribution in [0, 0.1) is 0 Å². The van der Waals surface area contributed by atoms with Gasteiger partial charge in [-0.25, -0.2) is 0 Å². The highest BCUT2D eigenvalue weighted by Gasteiger charge is 2.00. The second-order valence-electron chi connectivity index (χ2n) is 5.00. The molecule has 0 bridgehead atoms. The maximum Gasteiger partial charge on any atom is 0.00792 e. The zero-order valence-electron chi connectivity index (χ0n) is 11.9. The summed E-state index contributed by atoms with van der Waals surface area (Å²) in [6, 6.07) is 1.23. The van der Waals surface area contributed by atoms with Gasteiger partial charge in [-0.1, -0.05) is 20.3 Å². The van der Waals surface area contributed by atoms with Gasteiger partial charge in [-0.3, -0.25) is 0 Å². The minimum Gasteiger partial charge on any atom is -0.329 e. The van der Waals surface area contributed by atoms with Gasteiger partial charge in [0.25, 0.3) is 0 Å². The fraction of sp³-hybridized carbons (Fsp3) is 1.00. The molecule has 0 heterocycles. The van der Waals surface area contributed by atoms with E-state index in [9.17, 15) is 0 Å². The van der Waals surface area contributed by atoms with Gasteiger partial charge in [0, 0.05) is 38.3 Å². The first-order chi connectivity index (χ1) is 8.16. The van der Waals surface area contributed by atoms with Gasteiger partial charge in [-0.15, -0.1) is 0 Å². The first-order valence-electron chi connectivity index (χ1n) is 7.04. The Morgan fingerprint density at radius 2 is 1.65 bits per heavy atom. The summed E-state index contributed by atoms with van der Waals surface area (Å²) in [5, 5.41) is 10.2. The van der Waals surface area contributed by atoms with Crippen LogP contribution in [0.2, 0.25) is 0 Å². The summed E-state index contributed by atoms with van der Waals surface area (Å²) in [5.74, 6) is 0. The molecule has 0 aliphatic carbocycles. The van der Waals surface area contributed by atoms with Crippen LogP contribution in [-0.4, -0.2) is 44.8 Å². The molecule has 0 saturated carbocycles. The lowest BCUT2D eigenvalue weighted by atomic mass is 10.1. The van der Waals surface area contributed by atoms with Crippen molar-refractivity contribution >= 4 is 0 Å². The van der Waals surface area contributed by atoms with Crippen molar-refractivity contribution in [3.8, 4) is 0 Å². The minimum atomic E-state index is 0.610. The number of hydrogen-bond acceptors (Lipinski definition) is 4. The lowest BCUT2D eigenvalue weighted by molar-refractivity contribution is 0.470. The molecule has 17 heavy (non-hydrogen) atoms. The normalized spacial score (nSPS) is 13.2. The Morgan fingerprint density at radius 3 is 2.29 bits per heavy atom. The number of unbranched alkanes of at least 4 members (excludes halogenated alkanes) is 1. The number of rotatable bonds is 12. The highest BCUT2D eigenvalue weighted by atomic mass is 15.0. The Balaban J connectivity index is 3.14. The molecular formula is C13H32N4. The fourth-order valence-electron chi connectivity index (χ4n) is 1.70. The second kappa shape index (κ2) is 12.3. The Morgan fingerprint density at radius 1 is 0.882 bits per heavy atom. The summed E-state index contributed by atoms with van der Waals surface area (Å²) in [6.45, 7) is 11.5. The average molecular weight is 244 g/mol. The van der Waals surface area contributed by atoms with E-state index < -0.39 is 0 Å². The highest BCUT2D eigenvalue weighted by Crippen LogP contribution is 1.99. The van der Waals surface area contributed by atoms with E-state index in [2.05, 4.69) is 36.7 Å². The first kappa shape index (κ1) is 16.8. The predicted octanol–water partition coefficient (Wildman–Crippen LogP) is 0.681. The van der Waals surface area contributed by atoms with Crippen LogP contribution in [0.25, 0.3) is 0 Å². The lowest BCUT2D eigenvalue weighted by Crippen LogP contribution is -2.35. The van der Waals surface area contributed by atoms with Crippen LogP contribution in [0.4, 0.5) is 0 Å². The SMILES string of the molecule is CC(C)NCCCCC(C)NCCNCCN. The number of nitrogens with two attached hydrogens (primary N) is 1. The third-order valence-electron chi connectivity index (χ3n) is 2.73. The third-order valence-corrected chi connectivity index (χ3v) is 2.73. The van der Waals surface area contributed by atoms with E-state index in [4.69, 9.17) is 5.73 Å². The van der Waals surface area contributed by atoms with Crippen LogP contribution in [0.1, 0.15) is 40.0 Å². The Kier molecular flexibility index (Phi) is 12.2. The third kappa shape index (κ3) is 13.8. The summed E-state index contributed by atoms with van der Waals surface area (Å²) in [5.41, 5.74) is 5.40. The Hall–Kier alpha value is -0.160. The monoisotopic (exact) mass is 244 g/mol. The summed E-state index contributed by atoms with van der Waals surface area (Å²) in [6.07, 6.45) is 3.83. The lowest BCUT2D eigenvalue weighted by Gasteiger charge is -2.14. The molecule has 0 aromatic heterocycles. The fourth-order valence-corrected chi connectivity index (χ4v) is 1.70. The first-order valence-corrected chi connectivity index (χ1v) is 7.04. The van der Waals surface area contributed by atoms with Crippen LogP contribution in [-0.2, 0) is 0 Å². The molecule has 0 spiro atoms. The van der Waals surface area contributed by atoms with Gasteiger partial charge >= 0.3 is 0 Å². The van der Waals surface area contributed by atoms with Crippen molar-refractivity contribution < 1.29 is 0 Å². The van der Waals surface area contributed by atoms with Crippen molar-refractivity contribution in [2.24, 2.45) is 5.73 Å². The molecule has 0 aliphatic heterocycles. The zero-order valence-corrected chi connectivity index (χ0v) is 11.9. The standard InChI is InChI=1S/C13H32N4/c1-12(2)16-8-5-4-6-13(3)17-11-10-15-9-7-14/h12-13,15-17H,4-11,14H2,1-3H3. The number of nitrogens with one attached hydrogen (secondary N) is 3. The number of hydrogen-bond donors (Lipinski definition) is 4. The van der Waals surface area contributed by atoms with Gasteiger partial charge in [-0.05, 0) is 26.3 Å². The summed E-state index contributed by atoms with van der Waals surface area (Å²) < 4.78 is 0. The molecule has 0 rings (SSSR count). The van der Waals surface area contributed by atoms with Crippen LogP contribution in [0.15, 0.2) is 0 Å². The maximum atomic E-state index is 5.40. The molecule has 0 saturated heterocycles. The molecule has 1 atom stereocenters. The van der Waals surface area contributed by atoms with E-state index in [0.29, 0.717) is 12.1 Å². The minimum absolute atomic E-state index is 0.610. The zero-order chi connectivity index (χ0) is 12.9. The van der Waals surface area contributed by atoms with Crippen LogP contribution >= 0.6 is 0 Å². The quantitative estimate of drug-likeness (QED) is 0.381. The smallest absolute Gasteiger partial charge is 0.00792 e.